The molecule has 10 rings (SSSR count). The molecule has 3 fully saturated rings. The predicted octanol–water partition coefficient (Wildman–Crippen LogP) is 3.61. The van der Waals surface area contributed by atoms with E-state index in [-0.39, 0.29) is 80.6 Å². The third-order valence-corrected chi connectivity index (χ3v) is 22.2. The summed E-state index contributed by atoms with van der Waals surface area (Å²) in [5.74, 6) is -5.82. The molecule has 8 N–H and O–H groups in total. The molecule has 8 amide bonds. The summed E-state index contributed by atoms with van der Waals surface area (Å²) >= 11 is 9.39. The van der Waals surface area contributed by atoms with E-state index in [0.29, 0.717) is 109 Å². The molecule has 3 unspecified atom stereocenters. The number of halogens is 2. The number of aromatic amines is 1. The standard InChI is InChI=1S/C74H98F2N14O27P2S2/c1-44(2)59(85-69(97)51(12-8-9-20-88-55(92)17-18-56(88)93)84-54(91)19-21-104-24-25-106-28-29-108-32-33-110-35-34-109-31-30-107-27-26-105-23-22-103-5)71(99)82-45(3)67(95)83-48-15-13-46(14-16-48)38-111-74(100)87(4)36-47-10-6-7-11-49(47)68(96)86-64-60-66(79-41-77-64)90(43-81-60)72-58(76)62-53(115-72)40-113-119(102,121)117-63-61(94)52(39-112-118(101,120)116-62)114-73(63)89-37-50(75)57-65(89)78-42-80-70(57)98/h6-7,10-11,13-18,37,41-45,51-53,58-59,61-63,72-73,94H,8-9,12,19-36,38-40H2,1-5H3,(H,82,99)(H,83,95)(H,84,91)(H,85,97)(H,101,120)(H,102,121)(H,78,80,98)(H,77,79,86,96)/t45-,51-,52?,53+,58+,59-,61+,62+,63+,72+,73+,118?,119?/m0/s1. The number of unbranched alkanes of at least 4 members (excludes halogenated alkanes) is 1. The number of anilines is 2. The Morgan fingerprint density at radius 3 is 1.98 bits per heavy atom. The van der Waals surface area contributed by atoms with E-state index >= 15 is 8.78 Å². The minimum absolute atomic E-state index is 0.00256. The van der Waals surface area contributed by atoms with E-state index in [1.807, 2.05) is 0 Å². The first-order chi connectivity index (χ1) is 58.1. The molecular weight excluding hydrogens is 1680 g/mol. The minimum atomic E-state index is -4.65. The highest BCUT2D eigenvalue weighted by atomic mass is 32.7. The van der Waals surface area contributed by atoms with Crippen molar-refractivity contribution in [3.8, 4) is 0 Å². The molecule has 41 nitrogen and oxygen atoms in total. The van der Waals surface area contributed by atoms with Crippen molar-refractivity contribution in [1.29, 1.82) is 0 Å². The Balaban J connectivity index is 0.649. The molecule has 8 heterocycles. The summed E-state index contributed by atoms with van der Waals surface area (Å²) in [6, 6.07) is 9.16. The SMILES string of the molecule is COCCOCCOCCOCCOCCOCCOCCOCCC(=O)N[C@@H](CCCCN1C(=O)C=CC1=O)C(=O)N[C@H](C(=O)N[C@@H](C)C(=O)Nc1ccc(COC(=O)N(C)Cc2ccccc2C(=O)Nc2ncnc3c2ncn3[C@@H]2O[C@@H]3COP(O)(=S)O[C@@H]4[C@H](O)C(COP(=O)(S)O[C@H]3[C@H]2F)O[C@H]4n2cc(F)c3c(=O)[nH]cnc32)cc1)C(C)C. The number of nitrogens with zero attached hydrogens (tertiary/aromatic N) is 8. The fourth-order valence-corrected chi connectivity index (χ4v) is 15.6. The van der Waals surface area contributed by atoms with Gasteiger partial charge in [-0.05, 0) is 73.2 Å². The maximum Gasteiger partial charge on any atom is 0.410 e. The third kappa shape index (κ3) is 27.2. The van der Waals surface area contributed by atoms with Crippen molar-refractivity contribution in [2.24, 2.45) is 5.92 Å². The van der Waals surface area contributed by atoms with Gasteiger partial charge in [-0.2, -0.15) is 0 Å². The van der Waals surface area contributed by atoms with Gasteiger partial charge in [0, 0.05) is 63.3 Å². The maximum absolute atomic E-state index is 17.0. The number of aliphatic hydroxyl groups is 1. The smallest absolute Gasteiger partial charge is 0.410 e. The van der Waals surface area contributed by atoms with E-state index in [1.165, 1.54) is 37.1 Å². The van der Waals surface area contributed by atoms with Gasteiger partial charge in [0.25, 0.3) is 23.3 Å². The molecule has 13 atom stereocenters. The van der Waals surface area contributed by atoms with Crippen molar-refractivity contribution in [3.05, 3.63) is 119 Å². The fourth-order valence-electron chi connectivity index (χ4n) is 12.7. The molecule has 4 aliphatic heterocycles. The summed E-state index contributed by atoms with van der Waals surface area (Å²) < 4.78 is 132. The molecule has 6 aromatic rings. The van der Waals surface area contributed by atoms with Gasteiger partial charge in [-0.15, -0.1) is 0 Å². The van der Waals surface area contributed by atoms with Crippen LogP contribution in [0.3, 0.4) is 0 Å². The summed E-state index contributed by atoms with van der Waals surface area (Å²) in [5.41, 5.74) is 0.0830. The second-order valence-electron chi connectivity index (χ2n) is 28.1. The number of rotatable bonds is 45. The fraction of sp³-hybridized carbons (Fsp3) is 0.554. The zero-order valence-electron chi connectivity index (χ0n) is 66.7. The number of nitrogens with one attached hydrogen (secondary N) is 6. The molecule has 0 radical (unpaired) electrons. The number of imide groups is 1. The number of aliphatic hydroxyl groups excluding tert-OH is 1. The highest BCUT2D eigenvalue weighted by Gasteiger charge is 2.54. The van der Waals surface area contributed by atoms with Crippen LogP contribution in [0.5, 0.6) is 0 Å². The van der Waals surface area contributed by atoms with Crippen LogP contribution in [0.15, 0.2) is 90.7 Å². The number of thiol groups is 1. The van der Waals surface area contributed by atoms with Gasteiger partial charge in [0.05, 0.1) is 125 Å². The topological polar surface area (TPSA) is 493 Å². The van der Waals surface area contributed by atoms with E-state index in [0.717, 1.165) is 39.2 Å². The van der Waals surface area contributed by atoms with Crippen LogP contribution in [0.25, 0.3) is 22.2 Å². The Hall–Kier alpha value is -8.64. The number of carbonyl (C=O) groups excluding carboxylic acids is 8. The number of H-pyrrole nitrogens is 1. The molecule has 662 valence electrons. The van der Waals surface area contributed by atoms with Gasteiger partial charge < -0.3 is 108 Å². The van der Waals surface area contributed by atoms with Crippen LogP contribution in [0.2, 0.25) is 0 Å². The van der Waals surface area contributed by atoms with Gasteiger partial charge in [-0.25, -0.2) is 38.1 Å². The van der Waals surface area contributed by atoms with Crippen LogP contribution in [0, 0.1) is 11.7 Å². The van der Waals surface area contributed by atoms with Crippen molar-refractivity contribution in [1.82, 2.24) is 59.8 Å². The molecule has 121 heavy (non-hydrogen) atoms. The van der Waals surface area contributed by atoms with Crippen molar-refractivity contribution >= 4 is 119 Å². The van der Waals surface area contributed by atoms with Gasteiger partial charge in [0.1, 0.15) is 67.0 Å². The number of benzene rings is 2. The number of imidazole rings is 1. The summed E-state index contributed by atoms with van der Waals surface area (Å²) in [6.07, 6.45) is -7.66. The van der Waals surface area contributed by atoms with E-state index in [9.17, 15) is 57.7 Å². The Morgan fingerprint density at radius 1 is 0.719 bits per heavy atom. The Morgan fingerprint density at radius 2 is 1.34 bits per heavy atom. The number of fused-ring (bicyclic) bond motifs is 5. The Labute approximate surface area is 702 Å². The Bertz CT molecular complexity index is 4690. The van der Waals surface area contributed by atoms with Gasteiger partial charge >= 0.3 is 19.6 Å². The number of methoxy groups -OCH3 is 1. The highest BCUT2D eigenvalue weighted by molar-refractivity contribution is 8.44. The lowest BCUT2D eigenvalue weighted by molar-refractivity contribution is -0.137. The van der Waals surface area contributed by atoms with Crippen LogP contribution in [-0.2, 0) is 128 Å². The number of aromatic nitrogens is 7. The third-order valence-electron chi connectivity index (χ3n) is 19.0. The van der Waals surface area contributed by atoms with Crippen molar-refractivity contribution in [2.75, 3.05) is 144 Å². The first-order valence-corrected chi connectivity index (χ1v) is 43.9. The van der Waals surface area contributed by atoms with E-state index in [1.54, 1.807) is 63.4 Å². The predicted molar refractivity (Wildman–Crippen MR) is 428 cm³/mol. The molecule has 0 saturated carbocycles. The average Bonchev–Trinajstić information content (AvgIpc) is 1.60. The van der Waals surface area contributed by atoms with Crippen molar-refractivity contribution in [3.63, 3.8) is 0 Å². The van der Waals surface area contributed by atoms with E-state index in [4.69, 9.17) is 82.0 Å². The normalized spacial score (nSPS) is 22.5. The zero-order chi connectivity index (χ0) is 86.8. The van der Waals surface area contributed by atoms with Crippen LogP contribution in [-0.4, -0.2) is 289 Å². The molecule has 2 aromatic carbocycles. The lowest BCUT2D eigenvalue weighted by Crippen LogP contribution is -2.57. The number of hydrogen-bond donors (Lipinski definition) is 9. The lowest BCUT2D eigenvalue weighted by atomic mass is 10.0. The second kappa shape index (κ2) is 46.2. The number of alkyl halides is 1. The van der Waals surface area contributed by atoms with Crippen LogP contribution in [0.1, 0.15) is 80.4 Å². The number of hydrogen-bond acceptors (Lipinski definition) is 31. The lowest BCUT2D eigenvalue weighted by Gasteiger charge is -2.27. The molecule has 3 saturated heterocycles. The number of carbonyl (C=O) groups is 8. The summed E-state index contributed by atoms with van der Waals surface area (Å²) in [5, 5.41) is 24.5. The number of ether oxygens (including phenoxy) is 11. The quantitative estimate of drug-likeness (QED) is 0.0114. The molecule has 2 bridgehead atoms. The minimum Gasteiger partial charge on any atom is -0.445 e. The molecule has 0 aliphatic carbocycles. The largest absolute Gasteiger partial charge is 0.445 e. The first kappa shape index (κ1) is 94.6. The summed E-state index contributed by atoms with van der Waals surface area (Å²) in [6.45, 7) is -0.710. The van der Waals surface area contributed by atoms with Crippen molar-refractivity contribution in [2.45, 2.75) is 127 Å². The monoisotopic (exact) mass is 1780 g/mol. The highest BCUT2D eigenvalue weighted by Crippen LogP contribution is 2.58. The van der Waals surface area contributed by atoms with Gasteiger partial charge in [0.2, 0.25) is 23.6 Å². The van der Waals surface area contributed by atoms with Gasteiger partial charge in [-0.3, -0.25) is 61.4 Å². The number of amides is 8. The molecule has 0 spiro atoms. The second-order valence-corrected chi connectivity index (χ2v) is 33.7. The van der Waals surface area contributed by atoms with Crippen molar-refractivity contribution < 1.29 is 132 Å². The first-order valence-electron chi connectivity index (χ1n) is 38.6. The average molecular weight is 1780 g/mol. The molecule has 4 aromatic heterocycles. The Kier molecular flexibility index (Phi) is 36.1. The molecule has 47 heteroatoms. The summed E-state index contributed by atoms with van der Waals surface area (Å²) in [7, 11) is 3.06. The van der Waals surface area contributed by atoms with E-state index < -0.39 is 164 Å². The molecule has 4 aliphatic rings. The zero-order valence-corrected chi connectivity index (χ0v) is 70.2. The van der Waals surface area contributed by atoms with Gasteiger partial charge in [-0.1, -0.05) is 56.4 Å². The maximum atomic E-state index is 17.0. The van der Waals surface area contributed by atoms with Gasteiger partial charge in [0.15, 0.2) is 47.1 Å². The van der Waals surface area contributed by atoms with Crippen LogP contribution in [0.4, 0.5) is 25.1 Å². The van der Waals surface area contributed by atoms with Crippen LogP contribution < -0.4 is 32.1 Å². The van der Waals surface area contributed by atoms with E-state index in [2.05, 4.69) is 63.8 Å². The van der Waals surface area contributed by atoms with Crippen LogP contribution >= 0.6 is 25.8 Å². The molecular formula is C74H98F2N14O27P2S2. The summed E-state index contributed by atoms with van der Waals surface area (Å²) in [4.78, 5) is 152.